The highest BCUT2D eigenvalue weighted by atomic mass is 19.2. The number of rotatable bonds is 5. The van der Waals surface area contributed by atoms with E-state index in [0.717, 1.165) is 5.56 Å². The van der Waals surface area contributed by atoms with Crippen LogP contribution in [0.15, 0.2) is 36.5 Å². The van der Waals surface area contributed by atoms with E-state index >= 15 is 0 Å². The van der Waals surface area contributed by atoms with Gasteiger partial charge in [0.2, 0.25) is 5.95 Å². The summed E-state index contributed by atoms with van der Waals surface area (Å²) in [5.41, 5.74) is 7.30. The summed E-state index contributed by atoms with van der Waals surface area (Å²) in [6.07, 6.45) is 1.77. The summed E-state index contributed by atoms with van der Waals surface area (Å²) in [7, 11) is 0. The molecular weight excluding hydrogens is 406 g/mol. The second-order valence-electron chi connectivity index (χ2n) is 6.97. The molecule has 0 bridgehead atoms. The van der Waals surface area contributed by atoms with Crippen LogP contribution < -0.4 is 21.7 Å². The maximum absolute atomic E-state index is 14.2. The molecule has 2 amide bonds. The third-order valence-electron chi connectivity index (χ3n) is 4.91. The quantitative estimate of drug-likeness (QED) is 0.500. The first-order chi connectivity index (χ1) is 14.8. The van der Waals surface area contributed by atoms with Crippen molar-refractivity contribution in [1.29, 1.82) is 0 Å². The Hall–Kier alpha value is -4.08. The molecule has 2 aromatic carbocycles. The van der Waals surface area contributed by atoms with Crippen LogP contribution in [0.5, 0.6) is 0 Å². The van der Waals surface area contributed by atoms with Gasteiger partial charge >= 0.3 is 0 Å². The zero-order valence-electron chi connectivity index (χ0n) is 16.4. The van der Waals surface area contributed by atoms with E-state index in [1.54, 1.807) is 18.2 Å². The Kier molecular flexibility index (Phi) is 5.20. The molecule has 0 saturated carbocycles. The van der Waals surface area contributed by atoms with Crippen molar-refractivity contribution >= 4 is 35.0 Å². The van der Waals surface area contributed by atoms with Crippen molar-refractivity contribution < 1.29 is 18.4 Å². The Morgan fingerprint density at radius 2 is 1.94 bits per heavy atom. The molecule has 1 aromatic heterocycles. The second kappa shape index (κ2) is 7.98. The lowest BCUT2D eigenvalue weighted by atomic mass is 9.98. The molecule has 31 heavy (non-hydrogen) atoms. The highest BCUT2D eigenvalue weighted by Crippen LogP contribution is 2.28. The summed E-state index contributed by atoms with van der Waals surface area (Å²) in [5.74, 6) is -3.02. The number of hydrogen-bond donors (Lipinski definition) is 4. The van der Waals surface area contributed by atoms with Crippen molar-refractivity contribution in [3.05, 3.63) is 70.4 Å². The summed E-state index contributed by atoms with van der Waals surface area (Å²) in [6.45, 7) is 1.92. The lowest BCUT2D eigenvalue weighted by Crippen LogP contribution is -2.32. The number of benzene rings is 2. The molecule has 3 aromatic rings. The van der Waals surface area contributed by atoms with E-state index in [2.05, 4.69) is 25.9 Å². The topological polar surface area (TPSA) is 122 Å². The van der Waals surface area contributed by atoms with Gasteiger partial charge < -0.3 is 21.7 Å². The number of aromatic nitrogens is 2. The van der Waals surface area contributed by atoms with Crippen LogP contribution in [0.4, 0.5) is 31.9 Å². The van der Waals surface area contributed by atoms with Gasteiger partial charge in [-0.15, -0.1) is 0 Å². The predicted molar refractivity (Wildman–Crippen MR) is 111 cm³/mol. The van der Waals surface area contributed by atoms with E-state index in [9.17, 15) is 18.4 Å². The van der Waals surface area contributed by atoms with Gasteiger partial charge in [0.25, 0.3) is 11.8 Å². The number of carbonyl (C=O) groups excluding carboxylic acids is 2. The summed E-state index contributed by atoms with van der Waals surface area (Å²) < 4.78 is 28.1. The van der Waals surface area contributed by atoms with E-state index < -0.39 is 17.5 Å². The molecule has 10 heteroatoms. The molecule has 0 fully saturated rings. The van der Waals surface area contributed by atoms with Crippen LogP contribution in [0.25, 0.3) is 0 Å². The number of anilines is 4. The van der Waals surface area contributed by atoms with Gasteiger partial charge in [0.1, 0.15) is 11.4 Å². The molecule has 0 unspecified atom stereocenters. The number of nitrogens with zero attached hydrogens (tertiary/aromatic N) is 2. The van der Waals surface area contributed by atoms with Gasteiger partial charge in [-0.3, -0.25) is 9.59 Å². The van der Waals surface area contributed by atoms with Crippen molar-refractivity contribution in [1.82, 2.24) is 15.3 Å². The van der Waals surface area contributed by atoms with E-state index in [-0.39, 0.29) is 34.5 Å². The molecule has 1 aliphatic heterocycles. The van der Waals surface area contributed by atoms with E-state index in [1.807, 2.05) is 0 Å². The fourth-order valence-electron chi connectivity index (χ4n) is 3.29. The average molecular weight is 424 g/mol. The molecule has 0 atom stereocenters. The summed E-state index contributed by atoms with van der Waals surface area (Å²) in [4.78, 5) is 32.2. The molecule has 0 aliphatic carbocycles. The number of nitrogens with one attached hydrogen (secondary N) is 3. The Morgan fingerprint density at radius 3 is 2.71 bits per heavy atom. The van der Waals surface area contributed by atoms with Gasteiger partial charge in [-0.2, -0.15) is 4.98 Å². The molecule has 1 aliphatic rings. The predicted octanol–water partition coefficient (Wildman–Crippen LogP) is 2.94. The van der Waals surface area contributed by atoms with Gasteiger partial charge in [-0.25, -0.2) is 13.8 Å². The standard InChI is InChI=1S/C21H18F2N6O2/c1-10-5-6-15(17(23)16(10)22)28-21-26-9-13(18(24)30)19(29-21)27-14-4-2-3-12-11(14)7-8-25-20(12)31/h2-6,9H,7-8H2,1H3,(H2,24,30)(H,25,31)(H2,26,27,28,29). The normalized spacial score (nSPS) is 12.7. The number of hydrogen-bond acceptors (Lipinski definition) is 6. The van der Waals surface area contributed by atoms with E-state index in [4.69, 9.17) is 5.73 Å². The first-order valence-electron chi connectivity index (χ1n) is 9.40. The van der Waals surface area contributed by atoms with Gasteiger partial charge in [-0.05, 0) is 42.7 Å². The first-order valence-corrected chi connectivity index (χ1v) is 9.40. The largest absolute Gasteiger partial charge is 0.365 e. The van der Waals surface area contributed by atoms with E-state index in [1.165, 1.54) is 25.3 Å². The van der Waals surface area contributed by atoms with Crippen LogP contribution in [-0.2, 0) is 6.42 Å². The molecule has 158 valence electrons. The minimum atomic E-state index is -1.07. The maximum Gasteiger partial charge on any atom is 0.254 e. The smallest absolute Gasteiger partial charge is 0.254 e. The van der Waals surface area contributed by atoms with Crippen molar-refractivity contribution in [2.45, 2.75) is 13.3 Å². The van der Waals surface area contributed by atoms with Gasteiger partial charge in [-0.1, -0.05) is 12.1 Å². The van der Waals surface area contributed by atoms with Crippen molar-refractivity contribution in [3.63, 3.8) is 0 Å². The number of halogens is 2. The summed E-state index contributed by atoms with van der Waals surface area (Å²) in [5, 5.41) is 8.40. The molecule has 5 N–H and O–H groups in total. The molecule has 0 radical (unpaired) electrons. The number of amides is 2. The van der Waals surface area contributed by atoms with Crippen molar-refractivity contribution in [2.75, 3.05) is 17.2 Å². The number of nitrogens with two attached hydrogens (primary N) is 1. The fourth-order valence-corrected chi connectivity index (χ4v) is 3.29. The lowest BCUT2D eigenvalue weighted by molar-refractivity contribution is 0.0944. The first kappa shape index (κ1) is 20.2. The SMILES string of the molecule is Cc1ccc(Nc2ncc(C(N)=O)c(Nc3cccc4c3CCNC4=O)n2)c(F)c1F. The second-order valence-corrected chi connectivity index (χ2v) is 6.97. The summed E-state index contributed by atoms with van der Waals surface area (Å²) >= 11 is 0. The molecular formula is C21H18F2N6O2. The molecule has 4 rings (SSSR count). The number of primary amides is 1. The minimum Gasteiger partial charge on any atom is -0.365 e. The molecule has 0 saturated heterocycles. The Morgan fingerprint density at radius 1 is 1.13 bits per heavy atom. The Balaban J connectivity index is 1.71. The Labute approximate surface area is 175 Å². The maximum atomic E-state index is 14.2. The van der Waals surface area contributed by atoms with Crippen LogP contribution in [0.2, 0.25) is 0 Å². The highest BCUT2D eigenvalue weighted by molar-refractivity contribution is 6.00. The van der Waals surface area contributed by atoms with Gasteiger partial charge in [0.15, 0.2) is 11.6 Å². The zero-order chi connectivity index (χ0) is 22.1. The molecule has 0 spiro atoms. The number of aryl methyl sites for hydroxylation is 1. The minimum absolute atomic E-state index is 0.000951. The van der Waals surface area contributed by atoms with Gasteiger partial charge in [0.05, 0.1) is 5.69 Å². The fraction of sp³-hybridized carbons (Fsp3) is 0.143. The average Bonchev–Trinajstić information content (AvgIpc) is 2.75. The van der Waals surface area contributed by atoms with Crippen molar-refractivity contribution in [2.24, 2.45) is 5.73 Å². The van der Waals surface area contributed by atoms with Crippen LogP contribution >= 0.6 is 0 Å². The number of fused-ring (bicyclic) bond motifs is 1. The van der Waals surface area contributed by atoms with E-state index in [0.29, 0.717) is 24.2 Å². The third-order valence-corrected chi connectivity index (χ3v) is 4.91. The highest BCUT2D eigenvalue weighted by Gasteiger charge is 2.21. The van der Waals surface area contributed by atoms with Crippen LogP contribution in [0.1, 0.15) is 31.8 Å². The molecule has 2 heterocycles. The van der Waals surface area contributed by atoms with Gasteiger partial charge in [0, 0.05) is 24.0 Å². The zero-order valence-corrected chi connectivity index (χ0v) is 16.4. The van der Waals surface area contributed by atoms with Crippen molar-refractivity contribution in [3.8, 4) is 0 Å². The Bertz CT molecular complexity index is 1210. The molecule has 8 nitrogen and oxygen atoms in total. The van der Waals surface area contributed by atoms with Crippen LogP contribution in [0.3, 0.4) is 0 Å². The summed E-state index contributed by atoms with van der Waals surface area (Å²) in [6, 6.07) is 7.91. The third kappa shape index (κ3) is 3.87. The van der Waals surface area contributed by atoms with Crippen LogP contribution in [0, 0.1) is 18.6 Å². The number of carbonyl (C=O) groups is 2. The lowest BCUT2D eigenvalue weighted by Gasteiger charge is -2.20. The van der Waals surface area contributed by atoms with Crippen LogP contribution in [-0.4, -0.2) is 28.3 Å². The monoisotopic (exact) mass is 424 g/mol.